The van der Waals surface area contributed by atoms with Crippen molar-refractivity contribution < 1.29 is 9.47 Å². The van der Waals surface area contributed by atoms with Gasteiger partial charge in [0.15, 0.2) is 11.5 Å². The van der Waals surface area contributed by atoms with Crippen molar-refractivity contribution in [2.24, 2.45) is 0 Å². The lowest BCUT2D eigenvalue weighted by Crippen LogP contribution is -2.02. The van der Waals surface area contributed by atoms with Gasteiger partial charge in [0.05, 0.1) is 0 Å². The molecule has 0 bridgehead atoms. The van der Waals surface area contributed by atoms with Gasteiger partial charge >= 0.3 is 0 Å². The van der Waals surface area contributed by atoms with Gasteiger partial charge in [-0.1, -0.05) is 103 Å². The molecule has 4 aromatic rings. The molecule has 0 heterocycles. The van der Waals surface area contributed by atoms with Crippen LogP contribution in [0.15, 0.2) is 109 Å². The van der Waals surface area contributed by atoms with Crippen molar-refractivity contribution >= 4 is 0 Å². The van der Waals surface area contributed by atoms with E-state index in [2.05, 4.69) is 42.5 Å². The van der Waals surface area contributed by atoms with Crippen LogP contribution in [0.4, 0.5) is 0 Å². The summed E-state index contributed by atoms with van der Waals surface area (Å²) in [7, 11) is 0. The van der Waals surface area contributed by atoms with Crippen LogP contribution in [0.2, 0.25) is 0 Å². The van der Waals surface area contributed by atoms with Crippen molar-refractivity contribution in [2.75, 3.05) is 0 Å². The first-order chi connectivity index (χ1) is 13.9. The van der Waals surface area contributed by atoms with E-state index < -0.39 is 0 Å². The highest BCUT2D eigenvalue weighted by atomic mass is 16.5. The summed E-state index contributed by atoms with van der Waals surface area (Å²) in [6.45, 7) is 0.993. The Labute approximate surface area is 166 Å². The fourth-order valence-corrected chi connectivity index (χ4v) is 3.09. The molecule has 0 atom stereocenters. The fraction of sp³-hybridized carbons (Fsp3) is 0.0769. The molecule has 0 aliphatic carbocycles. The van der Waals surface area contributed by atoms with Crippen LogP contribution in [-0.2, 0) is 13.2 Å². The monoisotopic (exact) mass is 366 g/mol. The predicted molar refractivity (Wildman–Crippen MR) is 113 cm³/mol. The van der Waals surface area contributed by atoms with Gasteiger partial charge in [-0.05, 0) is 22.8 Å². The zero-order valence-electron chi connectivity index (χ0n) is 15.6. The Morgan fingerprint density at radius 3 is 1.61 bits per heavy atom. The normalized spacial score (nSPS) is 10.4. The number of para-hydroxylation sites is 1. The lowest BCUT2D eigenvalue weighted by Gasteiger charge is -2.17. The third-order valence-corrected chi connectivity index (χ3v) is 4.53. The van der Waals surface area contributed by atoms with Crippen LogP contribution >= 0.6 is 0 Å². The number of rotatable bonds is 7. The third kappa shape index (κ3) is 4.41. The van der Waals surface area contributed by atoms with E-state index in [1.807, 2.05) is 66.7 Å². The Morgan fingerprint density at radius 2 is 1.00 bits per heavy atom. The summed E-state index contributed by atoms with van der Waals surface area (Å²) in [5, 5.41) is 0. The molecule has 2 nitrogen and oxygen atoms in total. The predicted octanol–water partition coefficient (Wildman–Crippen LogP) is 6.51. The second-order valence-electron chi connectivity index (χ2n) is 6.55. The largest absolute Gasteiger partial charge is 0.485 e. The highest BCUT2D eigenvalue weighted by Crippen LogP contribution is 2.39. The number of hydrogen-bond acceptors (Lipinski definition) is 2. The Morgan fingerprint density at radius 1 is 0.464 bits per heavy atom. The topological polar surface area (TPSA) is 18.5 Å². The van der Waals surface area contributed by atoms with Crippen LogP contribution in [0, 0.1) is 0 Å². The molecule has 138 valence electrons. The molecule has 2 heteroatoms. The smallest absolute Gasteiger partial charge is 0.169 e. The molecule has 0 fully saturated rings. The quantitative estimate of drug-likeness (QED) is 0.371. The van der Waals surface area contributed by atoms with Crippen molar-refractivity contribution in [2.45, 2.75) is 13.2 Å². The Kier molecular flexibility index (Phi) is 5.69. The van der Waals surface area contributed by atoms with Crippen LogP contribution in [0.3, 0.4) is 0 Å². The molecule has 0 unspecified atom stereocenters. The minimum Gasteiger partial charge on any atom is -0.485 e. The highest BCUT2D eigenvalue weighted by molar-refractivity contribution is 5.73. The summed E-state index contributed by atoms with van der Waals surface area (Å²) in [5.74, 6) is 1.52. The summed E-state index contributed by atoms with van der Waals surface area (Å²) >= 11 is 0. The van der Waals surface area contributed by atoms with Crippen LogP contribution in [-0.4, -0.2) is 0 Å². The standard InChI is InChI=1S/C26H22O2/c1-4-11-21(12-5-1)19-27-25-18-10-17-24(23-15-8-3-9-16-23)26(25)28-20-22-13-6-2-7-14-22/h1-18H,19-20H2. The van der Waals surface area contributed by atoms with Crippen molar-refractivity contribution in [3.8, 4) is 22.6 Å². The molecule has 0 saturated carbocycles. The molecule has 0 amide bonds. The zero-order chi connectivity index (χ0) is 19.0. The second kappa shape index (κ2) is 8.92. The molecular weight excluding hydrogens is 344 g/mol. The molecular formula is C26H22O2. The highest BCUT2D eigenvalue weighted by Gasteiger charge is 2.13. The van der Waals surface area contributed by atoms with Gasteiger partial charge in [0, 0.05) is 5.56 Å². The number of hydrogen-bond donors (Lipinski definition) is 0. The van der Waals surface area contributed by atoms with Gasteiger partial charge in [-0.25, -0.2) is 0 Å². The summed E-state index contributed by atoms with van der Waals surface area (Å²) in [6, 6.07) is 36.7. The lowest BCUT2D eigenvalue weighted by molar-refractivity contribution is 0.257. The van der Waals surface area contributed by atoms with Gasteiger partial charge < -0.3 is 9.47 Å². The van der Waals surface area contributed by atoms with E-state index in [1.165, 1.54) is 0 Å². The van der Waals surface area contributed by atoms with E-state index in [9.17, 15) is 0 Å². The van der Waals surface area contributed by atoms with Crippen LogP contribution in [0.5, 0.6) is 11.5 Å². The lowest BCUT2D eigenvalue weighted by atomic mass is 10.0. The zero-order valence-corrected chi connectivity index (χ0v) is 15.6. The van der Waals surface area contributed by atoms with E-state index in [4.69, 9.17) is 9.47 Å². The first kappa shape index (κ1) is 17.9. The first-order valence-corrected chi connectivity index (χ1v) is 9.42. The maximum Gasteiger partial charge on any atom is 0.169 e. The van der Waals surface area contributed by atoms with E-state index in [0.717, 1.165) is 33.8 Å². The van der Waals surface area contributed by atoms with Crippen molar-refractivity contribution in [1.82, 2.24) is 0 Å². The maximum atomic E-state index is 6.27. The fourth-order valence-electron chi connectivity index (χ4n) is 3.09. The van der Waals surface area contributed by atoms with Gasteiger partial charge in [0.1, 0.15) is 13.2 Å². The van der Waals surface area contributed by atoms with Gasteiger partial charge in [-0.2, -0.15) is 0 Å². The molecule has 0 saturated heterocycles. The SMILES string of the molecule is c1ccc(COc2cccc(-c3ccccc3)c2OCc2ccccc2)cc1. The molecule has 0 radical (unpaired) electrons. The Bertz CT molecular complexity index is 996. The average Bonchev–Trinajstić information content (AvgIpc) is 2.78. The maximum absolute atomic E-state index is 6.27. The molecule has 0 aromatic heterocycles. The summed E-state index contributed by atoms with van der Waals surface area (Å²) in [4.78, 5) is 0. The van der Waals surface area contributed by atoms with Crippen LogP contribution in [0.25, 0.3) is 11.1 Å². The summed E-state index contributed by atoms with van der Waals surface area (Å²) in [6.07, 6.45) is 0. The second-order valence-corrected chi connectivity index (χ2v) is 6.55. The number of ether oxygens (including phenoxy) is 2. The summed E-state index contributed by atoms with van der Waals surface area (Å²) < 4.78 is 12.4. The Hall–Kier alpha value is -3.52. The molecule has 0 aliphatic heterocycles. The van der Waals surface area contributed by atoms with Crippen molar-refractivity contribution in [3.05, 3.63) is 120 Å². The van der Waals surface area contributed by atoms with Crippen molar-refractivity contribution in [1.29, 1.82) is 0 Å². The van der Waals surface area contributed by atoms with Crippen LogP contribution < -0.4 is 9.47 Å². The van der Waals surface area contributed by atoms with E-state index >= 15 is 0 Å². The van der Waals surface area contributed by atoms with Crippen molar-refractivity contribution in [3.63, 3.8) is 0 Å². The third-order valence-electron chi connectivity index (χ3n) is 4.53. The molecule has 4 rings (SSSR count). The molecule has 28 heavy (non-hydrogen) atoms. The van der Waals surface area contributed by atoms with Gasteiger partial charge in [0.25, 0.3) is 0 Å². The average molecular weight is 366 g/mol. The molecule has 0 N–H and O–H groups in total. The number of benzene rings is 4. The molecule has 0 spiro atoms. The van der Waals surface area contributed by atoms with Crippen LogP contribution in [0.1, 0.15) is 11.1 Å². The molecule has 4 aromatic carbocycles. The minimum absolute atomic E-state index is 0.492. The minimum atomic E-state index is 0.492. The van der Waals surface area contributed by atoms with Gasteiger partial charge in [0.2, 0.25) is 0 Å². The van der Waals surface area contributed by atoms with E-state index in [1.54, 1.807) is 0 Å². The Balaban J connectivity index is 1.64. The first-order valence-electron chi connectivity index (χ1n) is 9.42. The van der Waals surface area contributed by atoms with E-state index in [-0.39, 0.29) is 0 Å². The van der Waals surface area contributed by atoms with E-state index in [0.29, 0.717) is 13.2 Å². The molecule has 0 aliphatic rings. The van der Waals surface area contributed by atoms with Gasteiger partial charge in [-0.3, -0.25) is 0 Å². The van der Waals surface area contributed by atoms with Gasteiger partial charge in [-0.15, -0.1) is 0 Å². The summed E-state index contributed by atoms with van der Waals surface area (Å²) in [5.41, 5.74) is 4.39.